The van der Waals surface area contributed by atoms with Gasteiger partial charge in [-0.2, -0.15) is 0 Å². The first-order valence-electron chi connectivity index (χ1n) is 7.18. The van der Waals surface area contributed by atoms with Gasteiger partial charge in [0.05, 0.1) is 7.11 Å². The van der Waals surface area contributed by atoms with Gasteiger partial charge >= 0.3 is 0 Å². The fraction of sp³-hybridized carbons (Fsp3) is 0.625. The minimum atomic E-state index is 0.470. The van der Waals surface area contributed by atoms with Gasteiger partial charge in [0.25, 0.3) is 0 Å². The Labute approximate surface area is 122 Å². The van der Waals surface area contributed by atoms with Crippen LogP contribution in [0.4, 0.5) is 0 Å². The first kappa shape index (κ1) is 16.3. The average molecular weight is 284 g/mol. The van der Waals surface area contributed by atoms with Crippen LogP contribution in [0.1, 0.15) is 39.2 Å². The summed E-state index contributed by atoms with van der Waals surface area (Å²) in [6.45, 7) is 7.69. The van der Waals surface area contributed by atoms with Gasteiger partial charge in [0.2, 0.25) is 0 Å². The molecule has 1 aromatic rings. The zero-order chi connectivity index (χ0) is 14.3. The molecule has 0 amide bonds. The number of hydrogen-bond acceptors (Lipinski definition) is 2. The Morgan fingerprint density at radius 1 is 1.32 bits per heavy atom. The molecule has 0 bridgehead atoms. The van der Waals surface area contributed by atoms with Gasteiger partial charge in [0.15, 0.2) is 0 Å². The number of benzene rings is 1. The monoisotopic (exact) mass is 283 g/mol. The van der Waals surface area contributed by atoms with Gasteiger partial charge in [0, 0.05) is 11.1 Å². The molecule has 2 atom stereocenters. The predicted octanol–water partition coefficient (Wildman–Crippen LogP) is 4.31. The van der Waals surface area contributed by atoms with Crippen LogP contribution in [0, 0.1) is 5.92 Å². The molecule has 0 aliphatic carbocycles. The summed E-state index contributed by atoms with van der Waals surface area (Å²) in [6, 6.07) is 6.31. The lowest BCUT2D eigenvalue weighted by atomic mass is 9.91. The molecule has 0 aliphatic rings. The van der Waals surface area contributed by atoms with E-state index in [0.29, 0.717) is 12.0 Å². The fourth-order valence-electron chi connectivity index (χ4n) is 2.54. The number of rotatable bonds is 8. The molecular formula is C16H26ClNO. The number of halogens is 1. The van der Waals surface area contributed by atoms with Gasteiger partial charge in [-0.25, -0.2) is 0 Å². The first-order valence-corrected chi connectivity index (χ1v) is 7.55. The van der Waals surface area contributed by atoms with E-state index in [0.717, 1.165) is 23.7 Å². The average Bonchev–Trinajstić information content (AvgIpc) is 2.39. The number of hydrogen-bond donors (Lipinski definition) is 1. The van der Waals surface area contributed by atoms with Crippen LogP contribution in [-0.2, 0) is 6.42 Å². The number of ether oxygens (including phenoxy) is 1. The van der Waals surface area contributed by atoms with Gasteiger partial charge in [-0.3, -0.25) is 0 Å². The summed E-state index contributed by atoms with van der Waals surface area (Å²) in [7, 11) is 1.71. The zero-order valence-corrected chi connectivity index (χ0v) is 13.3. The van der Waals surface area contributed by atoms with Crippen LogP contribution < -0.4 is 10.1 Å². The van der Waals surface area contributed by atoms with E-state index in [1.54, 1.807) is 7.11 Å². The molecule has 1 N–H and O–H groups in total. The Balaban J connectivity index is 2.85. The molecule has 19 heavy (non-hydrogen) atoms. The van der Waals surface area contributed by atoms with Crippen molar-refractivity contribution in [1.29, 1.82) is 0 Å². The van der Waals surface area contributed by atoms with Crippen LogP contribution in [0.2, 0.25) is 5.02 Å². The highest BCUT2D eigenvalue weighted by atomic mass is 35.5. The Morgan fingerprint density at radius 2 is 2.05 bits per heavy atom. The second kappa shape index (κ2) is 8.44. The van der Waals surface area contributed by atoms with E-state index >= 15 is 0 Å². The molecule has 1 aromatic carbocycles. The maximum absolute atomic E-state index is 6.10. The van der Waals surface area contributed by atoms with E-state index in [9.17, 15) is 0 Å². The molecule has 0 aliphatic heterocycles. The number of likely N-dealkylation sites (N-methyl/N-ethyl adjacent to an activating group) is 1. The Kier molecular flexibility index (Phi) is 7.25. The Hall–Kier alpha value is -0.730. The minimum absolute atomic E-state index is 0.470. The third-order valence-corrected chi connectivity index (χ3v) is 3.81. The summed E-state index contributed by atoms with van der Waals surface area (Å²) >= 11 is 6.10. The number of nitrogens with one attached hydrogen (secondary N) is 1. The molecule has 0 saturated heterocycles. The van der Waals surface area contributed by atoms with Crippen molar-refractivity contribution < 1.29 is 4.74 Å². The molecule has 0 radical (unpaired) electrons. The third-order valence-electron chi connectivity index (χ3n) is 3.58. The Morgan fingerprint density at radius 3 is 2.63 bits per heavy atom. The maximum Gasteiger partial charge on any atom is 0.122 e. The highest BCUT2D eigenvalue weighted by Crippen LogP contribution is 2.26. The standard InChI is InChI=1S/C16H26ClNO/c1-5-7-12(3)15(18-6-2)11-13-10-14(17)8-9-16(13)19-4/h8-10,12,15,18H,5-7,11H2,1-4H3. The first-order chi connectivity index (χ1) is 9.12. The summed E-state index contributed by atoms with van der Waals surface area (Å²) in [5.41, 5.74) is 1.18. The molecule has 2 nitrogen and oxygen atoms in total. The van der Waals surface area contributed by atoms with Crippen LogP contribution in [0.25, 0.3) is 0 Å². The van der Waals surface area contributed by atoms with Gasteiger partial charge in [-0.1, -0.05) is 38.8 Å². The molecule has 0 aromatic heterocycles. The quantitative estimate of drug-likeness (QED) is 0.768. The second-order valence-electron chi connectivity index (χ2n) is 5.09. The normalized spacial score (nSPS) is 14.2. The molecule has 108 valence electrons. The smallest absolute Gasteiger partial charge is 0.122 e. The molecule has 2 unspecified atom stereocenters. The fourth-order valence-corrected chi connectivity index (χ4v) is 2.73. The molecule has 0 heterocycles. The summed E-state index contributed by atoms with van der Waals surface area (Å²) in [5.74, 6) is 1.57. The van der Waals surface area contributed by atoms with Gasteiger partial charge in [-0.15, -0.1) is 0 Å². The summed E-state index contributed by atoms with van der Waals surface area (Å²) in [5, 5.41) is 4.36. The van der Waals surface area contributed by atoms with E-state index < -0.39 is 0 Å². The summed E-state index contributed by atoms with van der Waals surface area (Å²) in [6.07, 6.45) is 3.41. The Bertz CT molecular complexity index is 381. The van der Waals surface area contributed by atoms with Crippen LogP contribution in [0.15, 0.2) is 18.2 Å². The lowest BCUT2D eigenvalue weighted by molar-refractivity contribution is 0.350. The summed E-state index contributed by atoms with van der Waals surface area (Å²) in [4.78, 5) is 0. The van der Waals surface area contributed by atoms with E-state index in [-0.39, 0.29) is 0 Å². The topological polar surface area (TPSA) is 21.3 Å². The van der Waals surface area contributed by atoms with Crippen LogP contribution in [0.3, 0.4) is 0 Å². The highest BCUT2D eigenvalue weighted by molar-refractivity contribution is 6.30. The van der Waals surface area contributed by atoms with Crippen LogP contribution in [0.5, 0.6) is 5.75 Å². The zero-order valence-electron chi connectivity index (χ0n) is 12.5. The van der Waals surface area contributed by atoms with Crippen molar-refractivity contribution >= 4 is 11.6 Å². The van der Waals surface area contributed by atoms with Crippen molar-refractivity contribution in [3.63, 3.8) is 0 Å². The largest absolute Gasteiger partial charge is 0.496 e. The van der Waals surface area contributed by atoms with E-state index in [1.165, 1.54) is 18.4 Å². The van der Waals surface area contributed by atoms with Crippen molar-refractivity contribution in [3.05, 3.63) is 28.8 Å². The second-order valence-corrected chi connectivity index (χ2v) is 5.53. The summed E-state index contributed by atoms with van der Waals surface area (Å²) < 4.78 is 5.43. The molecule has 0 spiro atoms. The van der Waals surface area contributed by atoms with E-state index in [1.807, 2.05) is 18.2 Å². The van der Waals surface area contributed by atoms with Crippen molar-refractivity contribution in [1.82, 2.24) is 5.32 Å². The molecule has 3 heteroatoms. The molecule has 0 saturated carbocycles. The molecule has 0 fully saturated rings. The van der Waals surface area contributed by atoms with E-state index in [2.05, 4.69) is 26.1 Å². The SMILES string of the molecule is CCCC(C)C(Cc1cc(Cl)ccc1OC)NCC. The molecule has 1 rings (SSSR count). The predicted molar refractivity (Wildman–Crippen MR) is 83.2 cm³/mol. The van der Waals surface area contributed by atoms with Crippen molar-refractivity contribution in [2.24, 2.45) is 5.92 Å². The van der Waals surface area contributed by atoms with Crippen molar-refractivity contribution in [2.45, 2.75) is 46.1 Å². The third kappa shape index (κ3) is 5.04. The van der Waals surface area contributed by atoms with Gasteiger partial charge in [-0.05, 0) is 49.1 Å². The highest BCUT2D eigenvalue weighted by Gasteiger charge is 2.18. The van der Waals surface area contributed by atoms with Crippen LogP contribution >= 0.6 is 11.6 Å². The maximum atomic E-state index is 6.10. The van der Waals surface area contributed by atoms with Gasteiger partial charge < -0.3 is 10.1 Å². The number of methoxy groups -OCH3 is 1. The van der Waals surface area contributed by atoms with E-state index in [4.69, 9.17) is 16.3 Å². The lowest BCUT2D eigenvalue weighted by Gasteiger charge is -2.25. The minimum Gasteiger partial charge on any atom is -0.496 e. The van der Waals surface area contributed by atoms with Crippen molar-refractivity contribution in [2.75, 3.05) is 13.7 Å². The van der Waals surface area contributed by atoms with Crippen LogP contribution in [-0.4, -0.2) is 19.7 Å². The lowest BCUT2D eigenvalue weighted by Crippen LogP contribution is -2.36. The van der Waals surface area contributed by atoms with Crippen molar-refractivity contribution in [3.8, 4) is 5.75 Å². The van der Waals surface area contributed by atoms with Gasteiger partial charge in [0.1, 0.15) is 5.75 Å². The molecular weight excluding hydrogens is 258 g/mol.